The van der Waals surface area contributed by atoms with E-state index in [1.165, 1.54) is 16.7 Å². The third-order valence-electron chi connectivity index (χ3n) is 4.36. The molecule has 0 aromatic heterocycles. The smallest absolute Gasteiger partial charge is 0.129 e. The van der Waals surface area contributed by atoms with E-state index in [9.17, 15) is 0 Å². The van der Waals surface area contributed by atoms with Crippen LogP contribution >= 0.6 is 0 Å². The summed E-state index contributed by atoms with van der Waals surface area (Å²) in [5, 5.41) is 4.52. The second kappa shape index (κ2) is 8.53. The third-order valence-corrected chi connectivity index (χ3v) is 4.36. The van der Waals surface area contributed by atoms with Crippen LogP contribution in [0, 0.1) is 0 Å². The summed E-state index contributed by atoms with van der Waals surface area (Å²) in [5.74, 6) is 0. The van der Waals surface area contributed by atoms with E-state index in [0.29, 0.717) is 0 Å². The van der Waals surface area contributed by atoms with Gasteiger partial charge in [-0.05, 0) is 63.3 Å². The van der Waals surface area contributed by atoms with Crippen molar-refractivity contribution in [2.75, 3.05) is 13.2 Å². The molecule has 0 radical (unpaired) electrons. The van der Waals surface area contributed by atoms with Crippen LogP contribution in [0.3, 0.4) is 0 Å². The lowest BCUT2D eigenvalue weighted by Gasteiger charge is -2.16. The lowest BCUT2D eigenvalue weighted by Crippen LogP contribution is -2.17. The molecule has 0 saturated heterocycles. The molecule has 0 aliphatic heterocycles. The number of fused-ring (bicyclic) bond motifs is 3. The molecular formula is C24H29NO2. The maximum atomic E-state index is 5.76. The largest absolute Gasteiger partial charge is 0.390 e. The van der Waals surface area contributed by atoms with Gasteiger partial charge < -0.3 is 9.57 Å². The number of unbranched alkanes of at least 4 members (excludes halogenated alkanes) is 1. The molecule has 0 spiro atoms. The zero-order valence-corrected chi connectivity index (χ0v) is 16.8. The van der Waals surface area contributed by atoms with Gasteiger partial charge >= 0.3 is 0 Å². The van der Waals surface area contributed by atoms with Gasteiger partial charge in [-0.1, -0.05) is 53.7 Å². The van der Waals surface area contributed by atoms with E-state index in [0.717, 1.165) is 42.9 Å². The molecule has 3 heteroatoms. The molecular weight excluding hydrogens is 334 g/mol. The van der Waals surface area contributed by atoms with Crippen molar-refractivity contribution in [1.29, 1.82) is 0 Å². The number of oxime groups is 1. The van der Waals surface area contributed by atoms with Crippen molar-refractivity contribution in [3.8, 4) is 11.1 Å². The van der Waals surface area contributed by atoms with Crippen molar-refractivity contribution in [3.63, 3.8) is 0 Å². The van der Waals surface area contributed by atoms with Gasteiger partial charge in [-0.3, -0.25) is 0 Å². The highest BCUT2D eigenvalue weighted by molar-refractivity contribution is 6.24. The Morgan fingerprint density at radius 1 is 0.963 bits per heavy atom. The van der Waals surface area contributed by atoms with Gasteiger partial charge in [-0.2, -0.15) is 0 Å². The molecule has 0 N–H and O–H groups in total. The lowest BCUT2D eigenvalue weighted by molar-refractivity contribution is 0.00121. The minimum absolute atomic E-state index is 0.317. The monoisotopic (exact) mass is 363 g/mol. The van der Waals surface area contributed by atoms with Crippen LogP contribution in [-0.4, -0.2) is 24.5 Å². The molecule has 0 bridgehead atoms. The van der Waals surface area contributed by atoms with Crippen LogP contribution in [0.2, 0.25) is 0 Å². The minimum Gasteiger partial charge on any atom is -0.390 e. The van der Waals surface area contributed by atoms with Crippen LogP contribution in [0.1, 0.15) is 57.2 Å². The maximum Gasteiger partial charge on any atom is 0.129 e. The summed E-state index contributed by atoms with van der Waals surface area (Å²) in [6.07, 6.45) is 6.46. The second-order valence-corrected chi connectivity index (χ2v) is 7.74. The average molecular weight is 364 g/mol. The zero-order valence-electron chi connectivity index (χ0n) is 16.8. The summed E-state index contributed by atoms with van der Waals surface area (Å²) in [6, 6.07) is 15.0. The topological polar surface area (TPSA) is 30.8 Å². The second-order valence-electron chi connectivity index (χ2n) is 7.74. The van der Waals surface area contributed by atoms with E-state index in [2.05, 4.69) is 59.8 Å². The Labute approximate surface area is 162 Å². The molecule has 142 valence electrons. The Balaban J connectivity index is 1.85. The standard InChI is InChI=1S/C24H29NO2/c1-5-26-16-10-6-7-11-18-14-15-20-19-12-8-9-13-21(19)23(22(20)17-18)25-27-24(2,3)4/h7-9,11-15,17H,5-6,10,16H2,1-4H3/b11-7+,25-23-. The summed E-state index contributed by atoms with van der Waals surface area (Å²) in [6.45, 7) is 9.68. The summed E-state index contributed by atoms with van der Waals surface area (Å²) < 4.78 is 5.39. The number of hydrogen-bond acceptors (Lipinski definition) is 3. The quantitative estimate of drug-likeness (QED) is 0.377. The highest BCUT2D eigenvalue weighted by Gasteiger charge is 2.26. The highest BCUT2D eigenvalue weighted by atomic mass is 16.6. The Morgan fingerprint density at radius 2 is 1.70 bits per heavy atom. The number of nitrogens with zero attached hydrogens (tertiary/aromatic N) is 1. The fraction of sp³-hybridized carbons (Fsp3) is 0.375. The van der Waals surface area contributed by atoms with Crippen molar-refractivity contribution < 1.29 is 9.57 Å². The van der Waals surface area contributed by atoms with Crippen LogP contribution in [0.15, 0.2) is 53.7 Å². The van der Waals surface area contributed by atoms with E-state index >= 15 is 0 Å². The SMILES string of the molecule is CCOCCC/C=C/c1ccc2c(c1)/C(=N\OC(C)(C)C)c1ccccc1-2. The molecule has 27 heavy (non-hydrogen) atoms. The van der Waals surface area contributed by atoms with E-state index in [4.69, 9.17) is 9.57 Å². The molecule has 0 unspecified atom stereocenters. The first-order chi connectivity index (χ1) is 13.0. The molecule has 0 fully saturated rings. The van der Waals surface area contributed by atoms with Crippen LogP contribution in [0.4, 0.5) is 0 Å². The molecule has 1 aliphatic carbocycles. The Morgan fingerprint density at radius 3 is 2.44 bits per heavy atom. The van der Waals surface area contributed by atoms with Gasteiger partial charge in [0.05, 0.1) is 0 Å². The summed E-state index contributed by atoms with van der Waals surface area (Å²) in [7, 11) is 0. The number of benzene rings is 2. The molecule has 3 nitrogen and oxygen atoms in total. The van der Waals surface area contributed by atoms with Crippen LogP contribution in [0.25, 0.3) is 17.2 Å². The fourth-order valence-corrected chi connectivity index (χ4v) is 3.11. The number of allylic oxidation sites excluding steroid dienone is 1. The fourth-order valence-electron chi connectivity index (χ4n) is 3.11. The van der Waals surface area contributed by atoms with E-state index in [1.807, 2.05) is 27.7 Å². The van der Waals surface area contributed by atoms with E-state index in [-0.39, 0.29) is 5.60 Å². The van der Waals surface area contributed by atoms with E-state index < -0.39 is 0 Å². The van der Waals surface area contributed by atoms with Gasteiger partial charge in [0.1, 0.15) is 11.3 Å². The first-order valence-corrected chi connectivity index (χ1v) is 9.74. The lowest BCUT2D eigenvalue weighted by atomic mass is 10.0. The van der Waals surface area contributed by atoms with Crippen molar-refractivity contribution in [3.05, 3.63) is 65.2 Å². The normalized spacial score (nSPS) is 14.6. The Bertz CT molecular complexity index is 844. The molecule has 0 heterocycles. The number of rotatable bonds is 7. The van der Waals surface area contributed by atoms with E-state index in [1.54, 1.807) is 0 Å². The zero-order chi connectivity index (χ0) is 19.3. The molecule has 3 rings (SSSR count). The predicted molar refractivity (Wildman–Crippen MR) is 113 cm³/mol. The number of hydrogen-bond donors (Lipinski definition) is 0. The maximum absolute atomic E-state index is 5.76. The van der Waals surface area contributed by atoms with Gasteiger partial charge in [0.2, 0.25) is 0 Å². The van der Waals surface area contributed by atoms with Crippen molar-refractivity contribution in [1.82, 2.24) is 0 Å². The molecule has 0 atom stereocenters. The van der Waals surface area contributed by atoms with Crippen molar-refractivity contribution in [2.24, 2.45) is 5.16 Å². The third kappa shape index (κ3) is 4.86. The average Bonchev–Trinajstić information content (AvgIpc) is 2.95. The van der Waals surface area contributed by atoms with Crippen LogP contribution in [-0.2, 0) is 9.57 Å². The Kier molecular flexibility index (Phi) is 6.12. The van der Waals surface area contributed by atoms with Gasteiger partial charge in [0.15, 0.2) is 0 Å². The molecule has 0 saturated carbocycles. The summed E-state index contributed by atoms with van der Waals surface area (Å²) in [4.78, 5) is 5.76. The van der Waals surface area contributed by atoms with Gasteiger partial charge in [-0.15, -0.1) is 0 Å². The first kappa shape index (κ1) is 19.4. The van der Waals surface area contributed by atoms with Gasteiger partial charge in [-0.25, -0.2) is 0 Å². The minimum atomic E-state index is -0.317. The molecule has 1 aliphatic rings. The molecule has 2 aromatic carbocycles. The highest BCUT2D eigenvalue weighted by Crippen LogP contribution is 2.37. The Hall–Kier alpha value is -2.39. The van der Waals surface area contributed by atoms with Gasteiger partial charge in [0.25, 0.3) is 0 Å². The van der Waals surface area contributed by atoms with Crippen molar-refractivity contribution in [2.45, 2.75) is 46.1 Å². The van der Waals surface area contributed by atoms with Crippen LogP contribution < -0.4 is 0 Å². The molecule has 2 aromatic rings. The molecule has 0 amide bonds. The number of ether oxygens (including phenoxy) is 1. The summed E-state index contributed by atoms with van der Waals surface area (Å²) in [5.41, 5.74) is 6.49. The van der Waals surface area contributed by atoms with Crippen molar-refractivity contribution >= 4 is 11.8 Å². The predicted octanol–water partition coefficient (Wildman–Crippen LogP) is 6.06. The van der Waals surface area contributed by atoms with Gasteiger partial charge in [0, 0.05) is 24.3 Å². The van der Waals surface area contributed by atoms with Crippen LogP contribution in [0.5, 0.6) is 0 Å². The summed E-state index contributed by atoms with van der Waals surface area (Å²) >= 11 is 0. The first-order valence-electron chi connectivity index (χ1n) is 9.74.